The second-order valence-electron chi connectivity index (χ2n) is 8.11. The maximum absolute atomic E-state index is 13.1. The van der Waals surface area contributed by atoms with Crippen molar-refractivity contribution in [2.75, 3.05) is 12.4 Å². The summed E-state index contributed by atoms with van der Waals surface area (Å²) in [6, 6.07) is 25.3. The van der Waals surface area contributed by atoms with E-state index in [1.165, 1.54) is 11.8 Å². The highest BCUT2D eigenvalue weighted by molar-refractivity contribution is 7.99. The molecule has 0 amide bonds. The van der Waals surface area contributed by atoms with Crippen LogP contribution in [0.2, 0.25) is 0 Å². The Morgan fingerprint density at radius 3 is 1.62 bits per heavy atom. The van der Waals surface area contributed by atoms with Crippen molar-refractivity contribution < 1.29 is 33.3 Å². The van der Waals surface area contributed by atoms with Crippen molar-refractivity contribution in [3.8, 4) is 0 Å². The maximum atomic E-state index is 13.1. The molecule has 1 saturated heterocycles. The number of thioether (sulfide) groups is 1. The lowest BCUT2D eigenvalue weighted by Crippen LogP contribution is -2.56. The number of esters is 3. The van der Waals surface area contributed by atoms with E-state index in [2.05, 4.69) is 6.58 Å². The van der Waals surface area contributed by atoms with Crippen molar-refractivity contribution in [1.82, 2.24) is 0 Å². The number of rotatable bonds is 9. The molecule has 7 nitrogen and oxygen atoms in total. The summed E-state index contributed by atoms with van der Waals surface area (Å²) in [5.74, 6) is -1.37. The van der Waals surface area contributed by atoms with E-state index in [-0.39, 0.29) is 6.61 Å². The van der Waals surface area contributed by atoms with Gasteiger partial charge in [-0.15, -0.1) is 18.3 Å². The normalized spacial score (nSPS) is 20.9. The third-order valence-corrected chi connectivity index (χ3v) is 6.70. The second-order valence-corrected chi connectivity index (χ2v) is 9.24. The van der Waals surface area contributed by atoms with Gasteiger partial charge in [0.2, 0.25) is 0 Å². The molecule has 1 aliphatic rings. The maximum Gasteiger partial charge on any atom is 0.338 e. The van der Waals surface area contributed by atoms with E-state index in [0.29, 0.717) is 22.4 Å². The first-order valence-corrected chi connectivity index (χ1v) is 12.7. The van der Waals surface area contributed by atoms with Gasteiger partial charge in [-0.25, -0.2) is 14.4 Å². The van der Waals surface area contributed by atoms with Gasteiger partial charge in [0.15, 0.2) is 18.3 Å². The Morgan fingerprint density at radius 1 is 0.730 bits per heavy atom. The van der Waals surface area contributed by atoms with Crippen molar-refractivity contribution >= 4 is 29.7 Å². The van der Waals surface area contributed by atoms with Crippen molar-refractivity contribution in [3.63, 3.8) is 0 Å². The van der Waals surface area contributed by atoms with E-state index in [9.17, 15) is 14.4 Å². The predicted molar refractivity (Wildman–Crippen MR) is 139 cm³/mol. The van der Waals surface area contributed by atoms with Crippen molar-refractivity contribution in [2.24, 2.45) is 0 Å². The number of carbonyl (C=O) groups excluding carboxylic acids is 3. The van der Waals surface area contributed by atoms with E-state index in [0.717, 1.165) is 0 Å². The number of hydrogen-bond acceptors (Lipinski definition) is 8. The largest absolute Gasteiger partial charge is 0.452 e. The molecule has 37 heavy (non-hydrogen) atoms. The van der Waals surface area contributed by atoms with Crippen LogP contribution in [-0.4, -0.2) is 54.0 Å². The minimum absolute atomic E-state index is 0.0560. The number of carbonyl (C=O) groups is 3. The molecule has 3 aromatic carbocycles. The van der Waals surface area contributed by atoms with E-state index in [4.69, 9.17) is 18.9 Å². The zero-order valence-electron chi connectivity index (χ0n) is 19.9. The third kappa shape index (κ3) is 6.87. The fourth-order valence-electron chi connectivity index (χ4n) is 3.73. The molecule has 0 aliphatic carbocycles. The molecule has 0 spiro atoms. The van der Waals surface area contributed by atoms with Gasteiger partial charge in [-0.3, -0.25) is 0 Å². The number of benzene rings is 3. The van der Waals surface area contributed by atoms with Crippen LogP contribution in [0.15, 0.2) is 104 Å². The summed E-state index contributed by atoms with van der Waals surface area (Å²) in [6.45, 7) is 3.68. The lowest BCUT2D eigenvalue weighted by Gasteiger charge is -2.40. The summed E-state index contributed by atoms with van der Waals surface area (Å²) in [5, 5.41) is 0. The van der Waals surface area contributed by atoms with E-state index >= 15 is 0 Å². The van der Waals surface area contributed by atoms with Crippen LogP contribution in [0.5, 0.6) is 0 Å². The van der Waals surface area contributed by atoms with Crippen molar-refractivity contribution in [2.45, 2.75) is 23.7 Å². The third-order valence-electron chi connectivity index (χ3n) is 5.53. The molecular weight excluding hydrogens is 492 g/mol. The Morgan fingerprint density at radius 2 is 1.16 bits per heavy atom. The lowest BCUT2D eigenvalue weighted by molar-refractivity contribution is -0.167. The molecular formula is C29H26O7S. The fraction of sp³-hybridized carbons (Fsp3) is 0.207. The summed E-state index contributed by atoms with van der Waals surface area (Å²) >= 11 is 1.34. The molecule has 1 fully saturated rings. The molecule has 4 rings (SSSR count). The van der Waals surface area contributed by atoms with Gasteiger partial charge in [0.25, 0.3) is 0 Å². The number of hydrogen-bond donors (Lipinski definition) is 0. The van der Waals surface area contributed by atoms with Gasteiger partial charge < -0.3 is 18.9 Å². The summed E-state index contributed by atoms with van der Waals surface area (Å²) in [7, 11) is 0. The van der Waals surface area contributed by atoms with E-state index in [1.807, 2.05) is 0 Å². The van der Waals surface area contributed by atoms with Gasteiger partial charge in [-0.2, -0.15) is 0 Å². The van der Waals surface area contributed by atoms with Crippen molar-refractivity contribution in [1.29, 1.82) is 0 Å². The van der Waals surface area contributed by atoms with Crippen LogP contribution in [0.1, 0.15) is 31.1 Å². The molecule has 0 unspecified atom stereocenters. The zero-order valence-corrected chi connectivity index (χ0v) is 20.8. The molecule has 0 bridgehead atoms. The SMILES string of the molecule is C=CCS[C@H]1OC[C@@H](OC(=O)c2ccccc2)[C@H](OC(=O)c2ccccc2)[C@H]1OC(=O)c1ccccc1. The molecule has 4 atom stereocenters. The summed E-state index contributed by atoms with van der Waals surface area (Å²) in [6.07, 6.45) is -1.51. The van der Waals surface area contributed by atoms with Crippen molar-refractivity contribution in [3.05, 3.63) is 120 Å². The minimum Gasteiger partial charge on any atom is -0.452 e. The minimum atomic E-state index is -1.12. The first-order valence-electron chi connectivity index (χ1n) is 11.7. The van der Waals surface area contributed by atoms with Crippen LogP contribution in [0.25, 0.3) is 0 Å². The summed E-state index contributed by atoms with van der Waals surface area (Å²) in [4.78, 5) is 39.0. The molecule has 0 radical (unpaired) electrons. The van der Waals surface area contributed by atoms with Gasteiger partial charge >= 0.3 is 17.9 Å². The van der Waals surface area contributed by atoms with E-state index < -0.39 is 41.7 Å². The molecule has 1 aliphatic heterocycles. The van der Waals surface area contributed by atoms with Crippen LogP contribution < -0.4 is 0 Å². The fourth-order valence-corrected chi connectivity index (χ4v) is 4.63. The Bertz CT molecular complexity index is 1200. The highest BCUT2D eigenvalue weighted by atomic mass is 32.2. The Balaban J connectivity index is 1.64. The van der Waals surface area contributed by atoms with Crippen LogP contribution in [0, 0.1) is 0 Å². The van der Waals surface area contributed by atoms with Gasteiger partial charge in [0.1, 0.15) is 5.44 Å². The van der Waals surface area contributed by atoms with Gasteiger partial charge in [0.05, 0.1) is 23.3 Å². The van der Waals surface area contributed by atoms with Crippen LogP contribution in [0.4, 0.5) is 0 Å². The van der Waals surface area contributed by atoms with Gasteiger partial charge in [0, 0.05) is 5.75 Å². The average molecular weight is 519 g/mol. The second kappa shape index (κ2) is 12.9. The zero-order chi connectivity index (χ0) is 26.0. The highest BCUT2D eigenvalue weighted by Gasteiger charge is 2.48. The Kier molecular flexibility index (Phi) is 9.13. The molecule has 190 valence electrons. The Hall–Kier alpha value is -3.88. The molecule has 8 heteroatoms. The van der Waals surface area contributed by atoms with Gasteiger partial charge in [-0.05, 0) is 36.4 Å². The Labute approximate surface area is 219 Å². The molecule has 1 heterocycles. The topological polar surface area (TPSA) is 88.1 Å². The standard InChI is InChI=1S/C29H26O7S/c1-2-18-37-29-25(36-28(32)22-16-10-5-11-17-22)24(35-27(31)21-14-8-4-9-15-21)23(19-33-29)34-26(30)20-12-6-3-7-13-20/h2-17,23-25,29H,1,18-19H2/t23-,24+,25-,29-/m1/s1. The lowest BCUT2D eigenvalue weighted by atomic mass is 10.0. The smallest absolute Gasteiger partial charge is 0.338 e. The molecule has 0 saturated carbocycles. The average Bonchev–Trinajstić information content (AvgIpc) is 2.95. The van der Waals surface area contributed by atoms with E-state index in [1.54, 1.807) is 97.1 Å². The predicted octanol–water partition coefficient (Wildman–Crippen LogP) is 4.94. The molecule has 0 aromatic heterocycles. The monoisotopic (exact) mass is 518 g/mol. The van der Waals surface area contributed by atoms with Crippen LogP contribution in [0.3, 0.4) is 0 Å². The van der Waals surface area contributed by atoms with Gasteiger partial charge in [-0.1, -0.05) is 60.7 Å². The first kappa shape index (κ1) is 26.2. The van der Waals surface area contributed by atoms with Crippen LogP contribution in [-0.2, 0) is 18.9 Å². The summed E-state index contributed by atoms with van der Waals surface area (Å²) < 4.78 is 23.4. The molecule has 0 N–H and O–H groups in total. The highest BCUT2D eigenvalue weighted by Crippen LogP contribution is 2.32. The molecule has 3 aromatic rings. The summed E-state index contributed by atoms with van der Waals surface area (Å²) in [5.41, 5.74) is 0.277. The number of ether oxygens (including phenoxy) is 4. The quantitative estimate of drug-likeness (QED) is 0.224. The van der Waals surface area contributed by atoms with Crippen LogP contribution >= 0.6 is 11.8 Å². The first-order chi connectivity index (χ1) is 18.1.